The van der Waals surface area contributed by atoms with Crippen molar-refractivity contribution in [2.45, 2.75) is 18.9 Å². The van der Waals surface area contributed by atoms with Crippen molar-refractivity contribution in [1.29, 1.82) is 0 Å². The van der Waals surface area contributed by atoms with Gasteiger partial charge in [-0.25, -0.2) is 4.79 Å². The molecule has 0 bridgehead atoms. The number of nitrogens with two attached hydrogens (primary N) is 1. The molecular weight excluding hydrogens is 264 g/mol. The number of aliphatic carboxylic acids is 1. The molecule has 0 spiro atoms. The summed E-state index contributed by atoms with van der Waals surface area (Å²) in [5.74, 6) is -2.73. The Morgan fingerprint density at radius 1 is 1.44 bits per heavy atom. The first-order chi connectivity index (χ1) is 8.40. The highest BCUT2D eigenvalue weighted by molar-refractivity contribution is 6.29. The van der Waals surface area contributed by atoms with Crippen molar-refractivity contribution in [2.24, 2.45) is 5.73 Å². The summed E-state index contributed by atoms with van der Waals surface area (Å²) in [4.78, 5) is 33.0. The Morgan fingerprint density at radius 3 is 2.56 bits per heavy atom. The maximum absolute atomic E-state index is 11.6. The average Bonchev–Trinajstić information content (AvgIpc) is 2.70. The second kappa shape index (κ2) is 6.06. The molecule has 1 aromatic heterocycles. The molecule has 8 heteroatoms. The van der Waals surface area contributed by atoms with E-state index < -0.39 is 23.8 Å². The second-order valence-electron chi connectivity index (χ2n) is 3.47. The highest BCUT2D eigenvalue weighted by Gasteiger charge is 2.22. The van der Waals surface area contributed by atoms with Crippen molar-refractivity contribution >= 4 is 29.4 Å². The lowest BCUT2D eigenvalue weighted by atomic mass is 10.1. The molecular formula is C10H11ClN2O5. The van der Waals surface area contributed by atoms with E-state index in [1.165, 1.54) is 12.1 Å². The fraction of sp³-hybridized carbons (Fsp3) is 0.300. The summed E-state index contributed by atoms with van der Waals surface area (Å²) in [5.41, 5.74) is 4.91. The average molecular weight is 275 g/mol. The minimum atomic E-state index is -1.26. The Kier molecular flexibility index (Phi) is 4.73. The van der Waals surface area contributed by atoms with E-state index in [1.54, 1.807) is 0 Å². The highest BCUT2D eigenvalue weighted by atomic mass is 35.5. The molecule has 1 aromatic rings. The van der Waals surface area contributed by atoms with Gasteiger partial charge in [0, 0.05) is 6.42 Å². The largest absolute Gasteiger partial charge is 0.480 e. The Balaban J connectivity index is 2.63. The zero-order valence-electron chi connectivity index (χ0n) is 9.18. The van der Waals surface area contributed by atoms with Gasteiger partial charge in [0.1, 0.15) is 6.04 Å². The summed E-state index contributed by atoms with van der Waals surface area (Å²) in [6.07, 6.45) is -0.235. The summed E-state index contributed by atoms with van der Waals surface area (Å²) in [6.45, 7) is 0. The fourth-order valence-corrected chi connectivity index (χ4v) is 1.36. The Hall–Kier alpha value is -2.02. The molecule has 7 nitrogen and oxygen atoms in total. The van der Waals surface area contributed by atoms with Crippen molar-refractivity contribution in [3.63, 3.8) is 0 Å². The number of nitrogens with one attached hydrogen (secondary N) is 1. The van der Waals surface area contributed by atoms with Gasteiger partial charge in [0.25, 0.3) is 5.91 Å². The molecule has 1 rings (SSSR count). The Labute approximate surface area is 107 Å². The Bertz CT molecular complexity index is 471. The number of rotatable bonds is 6. The van der Waals surface area contributed by atoms with Gasteiger partial charge in [-0.2, -0.15) is 0 Å². The number of carboxylic acid groups (broad SMARTS) is 1. The van der Waals surface area contributed by atoms with Crippen molar-refractivity contribution in [2.75, 3.05) is 0 Å². The first kappa shape index (κ1) is 14.0. The van der Waals surface area contributed by atoms with Gasteiger partial charge in [-0.1, -0.05) is 0 Å². The van der Waals surface area contributed by atoms with Gasteiger partial charge in [-0.05, 0) is 30.2 Å². The predicted molar refractivity (Wildman–Crippen MR) is 61.0 cm³/mol. The first-order valence-corrected chi connectivity index (χ1v) is 5.35. The predicted octanol–water partition coefficient (Wildman–Crippen LogP) is 0.381. The molecule has 0 radical (unpaired) electrons. The summed E-state index contributed by atoms with van der Waals surface area (Å²) in [7, 11) is 0. The summed E-state index contributed by atoms with van der Waals surface area (Å²) in [5, 5.41) is 11.1. The normalized spacial score (nSPS) is 11.8. The van der Waals surface area contributed by atoms with Crippen LogP contribution in [0.3, 0.4) is 0 Å². The van der Waals surface area contributed by atoms with Gasteiger partial charge < -0.3 is 20.6 Å². The molecule has 2 amide bonds. The zero-order valence-corrected chi connectivity index (χ0v) is 9.94. The van der Waals surface area contributed by atoms with Crippen LogP contribution < -0.4 is 11.1 Å². The number of hydrogen-bond donors (Lipinski definition) is 3. The minimum absolute atomic E-state index is 0.0177. The van der Waals surface area contributed by atoms with E-state index in [2.05, 4.69) is 5.32 Å². The van der Waals surface area contributed by atoms with E-state index >= 15 is 0 Å². The number of amides is 2. The maximum atomic E-state index is 11.6. The second-order valence-corrected chi connectivity index (χ2v) is 3.85. The molecule has 0 aliphatic heterocycles. The van der Waals surface area contributed by atoms with E-state index in [9.17, 15) is 14.4 Å². The van der Waals surface area contributed by atoms with Crippen molar-refractivity contribution in [3.8, 4) is 0 Å². The zero-order chi connectivity index (χ0) is 13.7. The lowest BCUT2D eigenvalue weighted by molar-refractivity contribution is -0.139. The van der Waals surface area contributed by atoms with Crippen molar-refractivity contribution in [1.82, 2.24) is 5.32 Å². The first-order valence-electron chi connectivity index (χ1n) is 4.97. The van der Waals surface area contributed by atoms with E-state index in [0.717, 1.165) is 0 Å². The number of carboxylic acids is 1. The Morgan fingerprint density at radius 2 is 2.11 bits per heavy atom. The number of carbonyl (C=O) groups is 3. The summed E-state index contributed by atoms with van der Waals surface area (Å²) >= 11 is 5.48. The minimum Gasteiger partial charge on any atom is -0.480 e. The molecule has 18 heavy (non-hydrogen) atoms. The van der Waals surface area contributed by atoms with E-state index in [-0.39, 0.29) is 23.8 Å². The third kappa shape index (κ3) is 4.10. The van der Waals surface area contributed by atoms with Crippen molar-refractivity contribution < 1.29 is 23.9 Å². The topological polar surface area (TPSA) is 123 Å². The van der Waals surface area contributed by atoms with E-state index in [1.807, 2.05) is 0 Å². The quantitative estimate of drug-likeness (QED) is 0.692. The number of hydrogen-bond acceptors (Lipinski definition) is 4. The van der Waals surface area contributed by atoms with Crippen LogP contribution in [0.2, 0.25) is 5.22 Å². The van der Waals surface area contributed by atoms with Gasteiger partial charge in [-0.15, -0.1) is 0 Å². The lowest BCUT2D eigenvalue weighted by Gasteiger charge is -2.12. The molecule has 0 fully saturated rings. The van der Waals surface area contributed by atoms with Crippen molar-refractivity contribution in [3.05, 3.63) is 23.1 Å². The van der Waals surface area contributed by atoms with Crippen LogP contribution in [-0.4, -0.2) is 28.9 Å². The van der Waals surface area contributed by atoms with Crippen LogP contribution in [-0.2, 0) is 9.59 Å². The highest BCUT2D eigenvalue weighted by Crippen LogP contribution is 2.13. The number of carbonyl (C=O) groups excluding carboxylic acids is 2. The van der Waals surface area contributed by atoms with Crippen LogP contribution in [0.25, 0.3) is 0 Å². The fourth-order valence-electron chi connectivity index (χ4n) is 1.21. The smallest absolute Gasteiger partial charge is 0.326 e. The number of furan rings is 1. The van der Waals surface area contributed by atoms with E-state index in [0.29, 0.717) is 0 Å². The van der Waals surface area contributed by atoms with Gasteiger partial charge in [0.2, 0.25) is 5.91 Å². The van der Waals surface area contributed by atoms with Crippen LogP contribution in [0.1, 0.15) is 23.4 Å². The van der Waals surface area contributed by atoms with Crippen LogP contribution in [0, 0.1) is 0 Å². The van der Waals surface area contributed by atoms with E-state index in [4.69, 9.17) is 26.9 Å². The van der Waals surface area contributed by atoms with Crippen LogP contribution in [0.4, 0.5) is 0 Å². The molecule has 1 atom stereocenters. The van der Waals surface area contributed by atoms with Gasteiger partial charge in [-0.3, -0.25) is 9.59 Å². The summed E-state index contributed by atoms with van der Waals surface area (Å²) < 4.78 is 4.82. The van der Waals surface area contributed by atoms with Crippen LogP contribution in [0.5, 0.6) is 0 Å². The molecule has 0 aromatic carbocycles. The molecule has 4 N–H and O–H groups in total. The van der Waals surface area contributed by atoms with Gasteiger partial charge >= 0.3 is 5.97 Å². The maximum Gasteiger partial charge on any atom is 0.326 e. The molecule has 0 aliphatic carbocycles. The molecule has 0 aliphatic rings. The molecule has 1 heterocycles. The van der Waals surface area contributed by atoms with Gasteiger partial charge in [0.15, 0.2) is 11.0 Å². The number of primary amides is 1. The standard InChI is InChI=1S/C10H11ClN2O5/c11-7-3-2-6(18-7)9(15)13-5(10(16)17)1-4-8(12)14/h2-3,5H,1,4H2,(H2,12,14)(H,13,15)(H,16,17). The molecule has 0 saturated heterocycles. The SMILES string of the molecule is NC(=O)CCC(NC(=O)c1ccc(Cl)o1)C(=O)O. The van der Waals surface area contributed by atoms with Crippen LogP contribution >= 0.6 is 11.6 Å². The van der Waals surface area contributed by atoms with Gasteiger partial charge in [0.05, 0.1) is 0 Å². The molecule has 0 saturated carbocycles. The molecule has 1 unspecified atom stereocenters. The summed E-state index contributed by atoms with van der Waals surface area (Å²) in [6, 6.07) is 1.45. The number of halogens is 1. The lowest BCUT2D eigenvalue weighted by Crippen LogP contribution is -2.41. The van der Waals surface area contributed by atoms with Crippen LogP contribution in [0.15, 0.2) is 16.5 Å². The third-order valence-electron chi connectivity index (χ3n) is 2.08. The monoisotopic (exact) mass is 274 g/mol. The molecule has 98 valence electrons. The third-order valence-corrected chi connectivity index (χ3v) is 2.28.